The Morgan fingerprint density at radius 2 is 1.96 bits per heavy atom. The number of benzene rings is 1. The average molecular weight is 366 g/mol. The van der Waals surface area contributed by atoms with Crippen LogP contribution in [0.3, 0.4) is 0 Å². The molecule has 2 aliphatic heterocycles. The number of hydrogen-bond acceptors (Lipinski definition) is 3. The smallest absolute Gasteiger partial charge is 0.242 e. The van der Waals surface area contributed by atoms with E-state index in [9.17, 15) is 9.59 Å². The molecule has 2 aliphatic rings. The molecular weight excluding hydrogens is 340 g/mol. The Balaban J connectivity index is 1.34. The monoisotopic (exact) mass is 366 g/mol. The van der Waals surface area contributed by atoms with Crippen LogP contribution in [0.2, 0.25) is 0 Å². The van der Waals surface area contributed by atoms with Crippen molar-refractivity contribution in [1.82, 2.24) is 14.7 Å². The average Bonchev–Trinajstić information content (AvgIpc) is 3.09. The molecule has 142 valence electrons. The molecule has 0 atom stereocenters. The van der Waals surface area contributed by atoms with E-state index < -0.39 is 0 Å². The maximum atomic E-state index is 12.8. The minimum absolute atomic E-state index is 0.0472. The van der Waals surface area contributed by atoms with Crippen LogP contribution in [0.25, 0.3) is 0 Å². The summed E-state index contributed by atoms with van der Waals surface area (Å²) in [6, 6.07) is 7.90. The molecule has 27 heavy (non-hydrogen) atoms. The molecule has 1 aromatic heterocycles. The molecule has 0 radical (unpaired) electrons. The van der Waals surface area contributed by atoms with E-state index in [4.69, 9.17) is 0 Å². The summed E-state index contributed by atoms with van der Waals surface area (Å²) in [7, 11) is 0. The highest BCUT2D eigenvalue weighted by Crippen LogP contribution is 2.28. The van der Waals surface area contributed by atoms with Crippen LogP contribution in [0.1, 0.15) is 30.4 Å². The minimum Gasteiger partial charge on any atom is -0.341 e. The number of anilines is 1. The van der Waals surface area contributed by atoms with Gasteiger partial charge in [0.25, 0.3) is 0 Å². The highest BCUT2D eigenvalue weighted by Gasteiger charge is 2.29. The van der Waals surface area contributed by atoms with Gasteiger partial charge in [-0.15, -0.1) is 0 Å². The Bertz CT molecular complexity index is 836. The number of fused-ring (bicyclic) bond motifs is 1. The molecule has 6 heteroatoms. The van der Waals surface area contributed by atoms with Crippen LogP contribution in [0.4, 0.5) is 5.69 Å². The van der Waals surface area contributed by atoms with Crippen LogP contribution >= 0.6 is 0 Å². The largest absolute Gasteiger partial charge is 0.341 e. The molecule has 0 N–H and O–H groups in total. The summed E-state index contributed by atoms with van der Waals surface area (Å²) in [5.74, 6) is 0.644. The van der Waals surface area contributed by atoms with E-state index in [1.54, 1.807) is 4.90 Å². The number of hydrogen-bond donors (Lipinski definition) is 0. The number of likely N-dealkylation sites (tertiary alicyclic amines) is 1. The third-order valence-corrected chi connectivity index (χ3v) is 5.66. The predicted octanol–water partition coefficient (Wildman–Crippen LogP) is 2.41. The summed E-state index contributed by atoms with van der Waals surface area (Å²) in [4.78, 5) is 28.8. The topological polar surface area (TPSA) is 58.4 Å². The minimum atomic E-state index is 0.0472. The SMILES string of the molecule is Cc1cnn(CC2CCN(C(=O)CN3C(=O)CCc4ccccc43)CC2)c1. The summed E-state index contributed by atoms with van der Waals surface area (Å²) in [5, 5.41) is 4.36. The highest BCUT2D eigenvalue weighted by molar-refractivity contribution is 6.01. The van der Waals surface area contributed by atoms with Gasteiger partial charge in [-0.05, 0) is 49.3 Å². The number of nitrogens with zero attached hydrogens (tertiary/aromatic N) is 4. The molecule has 4 rings (SSSR count). The molecule has 1 aromatic carbocycles. The maximum Gasteiger partial charge on any atom is 0.242 e. The van der Waals surface area contributed by atoms with Gasteiger partial charge in [0.15, 0.2) is 0 Å². The van der Waals surface area contributed by atoms with Crippen molar-refractivity contribution in [1.29, 1.82) is 0 Å². The van der Waals surface area contributed by atoms with Crippen LogP contribution in [-0.4, -0.2) is 46.1 Å². The van der Waals surface area contributed by atoms with Crippen LogP contribution in [0.5, 0.6) is 0 Å². The first kappa shape index (κ1) is 17.8. The second kappa shape index (κ2) is 7.55. The van der Waals surface area contributed by atoms with Crippen LogP contribution < -0.4 is 4.90 Å². The van der Waals surface area contributed by atoms with Crippen molar-refractivity contribution in [2.75, 3.05) is 24.5 Å². The molecule has 2 amide bonds. The van der Waals surface area contributed by atoms with Gasteiger partial charge in [-0.3, -0.25) is 14.3 Å². The van der Waals surface area contributed by atoms with Crippen molar-refractivity contribution in [3.8, 4) is 0 Å². The zero-order valence-corrected chi connectivity index (χ0v) is 15.8. The third-order valence-electron chi connectivity index (χ3n) is 5.66. The Hall–Kier alpha value is -2.63. The Morgan fingerprint density at radius 1 is 1.19 bits per heavy atom. The highest BCUT2D eigenvalue weighted by atomic mass is 16.2. The fourth-order valence-corrected chi connectivity index (χ4v) is 4.10. The van der Waals surface area contributed by atoms with Gasteiger partial charge in [0.2, 0.25) is 11.8 Å². The fraction of sp³-hybridized carbons (Fsp3) is 0.476. The van der Waals surface area contributed by atoms with Gasteiger partial charge in [0.1, 0.15) is 6.54 Å². The summed E-state index contributed by atoms with van der Waals surface area (Å²) in [6.07, 6.45) is 7.15. The maximum absolute atomic E-state index is 12.8. The number of aryl methyl sites for hydroxylation is 2. The number of piperidine rings is 1. The van der Waals surface area contributed by atoms with E-state index in [1.165, 1.54) is 5.56 Å². The third kappa shape index (κ3) is 3.89. The fourth-order valence-electron chi connectivity index (χ4n) is 4.10. The van der Waals surface area contributed by atoms with Crippen molar-refractivity contribution < 1.29 is 9.59 Å². The standard InChI is InChI=1S/C21H26N4O2/c1-16-12-22-24(13-16)14-17-8-10-23(11-9-17)21(27)15-25-19-5-3-2-4-18(19)6-7-20(25)26/h2-5,12-13,17H,6-11,14-15H2,1H3. The Labute approximate surface area is 159 Å². The van der Waals surface area contributed by atoms with E-state index in [2.05, 4.69) is 11.3 Å². The van der Waals surface area contributed by atoms with E-state index in [0.717, 1.165) is 50.1 Å². The number of amides is 2. The van der Waals surface area contributed by atoms with Crippen molar-refractivity contribution in [3.63, 3.8) is 0 Å². The van der Waals surface area contributed by atoms with Crippen molar-refractivity contribution in [2.24, 2.45) is 5.92 Å². The van der Waals surface area contributed by atoms with Crippen LogP contribution in [0, 0.1) is 12.8 Å². The van der Waals surface area contributed by atoms with Crippen molar-refractivity contribution >= 4 is 17.5 Å². The summed E-state index contributed by atoms with van der Waals surface area (Å²) < 4.78 is 2.00. The van der Waals surface area contributed by atoms with Gasteiger partial charge in [0, 0.05) is 37.9 Å². The number of aromatic nitrogens is 2. The van der Waals surface area contributed by atoms with E-state index >= 15 is 0 Å². The van der Waals surface area contributed by atoms with Crippen molar-refractivity contribution in [2.45, 2.75) is 39.2 Å². The van der Waals surface area contributed by atoms with Gasteiger partial charge in [-0.2, -0.15) is 5.10 Å². The number of para-hydroxylation sites is 1. The van der Waals surface area contributed by atoms with E-state index in [0.29, 0.717) is 12.3 Å². The molecule has 0 unspecified atom stereocenters. The quantitative estimate of drug-likeness (QED) is 0.835. The molecule has 0 bridgehead atoms. The van der Waals surface area contributed by atoms with Crippen LogP contribution in [0.15, 0.2) is 36.7 Å². The van der Waals surface area contributed by atoms with Gasteiger partial charge < -0.3 is 9.80 Å². The van der Waals surface area contributed by atoms with Gasteiger partial charge >= 0.3 is 0 Å². The van der Waals surface area contributed by atoms with Gasteiger partial charge in [-0.1, -0.05) is 18.2 Å². The molecular formula is C21H26N4O2. The van der Waals surface area contributed by atoms with Gasteiger partial charge in [-0.25, -0.2) is 0 Å². The lowest BCUT2D eigenvalue weighted by Crippen LogP contribution is -2.47. The Kier molecular flexibility index (Phi) is 4.97. The molecule has 0 saturated carbocycles. The molecule has 6 nitrogen and oxygen atoms in total. The number of rotatable bonds is 4. The van der Waals surface area contributed by atoms with E-state index in [1.807, 2.05) is 47.0 Å². The second-order valence-electron chi connectivity index (χ2n) is 7.67. The lowest BCUT2D eigenvalue weighted by Gasteiger charge is -2.35. The Morgan fingerprint density at radius 3 is 2.70 bits per heavy atom. The molecule has 2 aromatic rings. The molecule has 1 saturated heterocycles. The van der Waals surface area contributed by atoms with Crippen molar-refractivity contribution in [3.05, 3.63) is 47.8 Å². The normalized spacial score (nSPS) is 17.9. The predicted molar refractivity (Wildman–Crippen MR) is 103 cm³/mol. The first-order chi connectivity index (χ1) is 13.1. The number of carbonyl (C=O) groups excluding carboxylic acids is 2. The molecule has 0 spiro atoms. The zero-order valence-electron chi connectivity index (χ0n) is 15.8. The summed E-state index contributed by atoms with van der Waals surface area (Å²) >= 11 is 0. The first-order valence-corrected chi connectivity index (χ1v) is 9.75. The summed E-state index contributed by atoms with van der Waals surface area (Å²) in [5.41, 5.74) is 3.22. The van der Waals surface area contributed by atoms with E-state index in [-0.39, 0.29) is 18.4 Å². The van der Waals surface area contributed by atoms with Gasteiger partial charge in [0.05, 0.1) is 6.20 Å². The second-order valence-corrected chi connectivity index (χ2v) is 7.67. The number of carbonyl (C=O) groups is 2. The zero-order chi connectivity index (χ0) is 18.8. The molecule has 1 fully saturated rings. The molecule has 3 heterocycles. The lowest BCUT2D eigenvalue weighted by molar-refractivity contribution is -0.132. The summed E-state index contributed by atoms with van der Waals surface area (Å²) in [6.45, 7) is 4.62. The molecule has 0 aliphatic carbocycles. The first-order valence-electron chi connectivity index (χ1n) is 9.75. The van der Waals surface area contributed by atoms with Crippen LogP contribution in [-0.2, 0) is 22.6 Å². The lowest BCUT2D eigenvalue weighted by atomic mass is 9.96.